The third kappa shape index (κ3) is 0.797. The van der Waals surface area contributed by atoms with E-state index in [4.69, 9.17) is 0 Å². The summed E-state index contributed by atoms with van der Waals surface area (Å²) in [6.45, 7) is 0. The van der Waals surface area contributed by atoms with Gasteiger partial charge in [-0.25, -0.2) is 14.2 Å². The van der Waals surface area contributed by atoms with E-state index >= 15 is 0 Å². The van der Waals surface area contributed by atoms with E-state index < -0.39 is 11.4 Å². The molecule has 62 valence electrons. The molecule has 2 heterocycles. The van der Waals surface area contributed by atoms with Crippen LogP contribution in [0.3, 0.4) is 0 Å². The van der Waals surface area contributed by atoms with Crippen molar-refractivity contribution in [1.82, 2.24) is 19.2 Å². The Kier molecular flexibility index (Phi) is 1.34. The van der Waals surface area contributed by atoms with Crippen LogP contribution in [0.1, 0.15) is 0 Å². The third-order valence-electron chi connectivity index (χ3n) is 1.45. The molecular weight excluding hydrogens is 180 g/mol. The van der Waals surface area contributed by atoms with E-state index in [2.05, 4.69) is 10.1 Å². The molecule has 0 saturated carbocycles. The van der Waals surface area contributed by atoms with Gasteiger partial charge in [0.05, 0.1) is 0 Å². The lowest BCUT2D eigenvalue weighted by Gasteiger charge is -1.92. The monoisotopic (exact) mass is 184 g/mol. The molecule has 2 aromatic heterocycles. The lowest BCUT2D eigenvalue weighted by atomic mass is 10.9. The first-order valence-electron chi connectivity index (χ1n) is 3.10. The molecule has 0 unspecified atom stereocenters. The highest BCUT2D eigenvalue weighted by Gasteiger charge is 2.04. The summed E-state index contributed by atoms with van der Waals surface area (Å²) in [6.07, 6.45) is 0. The standard InChI is InChI=1S/C5H4N4O2S/c1-8-3(10)7-4-9(5(8)11)6-2-12-4/h2H,1H3. The van der Waals surface area contributed by atoms with Crippen LogP contribution in [0.15, 0.2) is 15.1 Å². The van der Waals surface area contributed by atoms with Crippen LogP contribution in [0.4, 0.5) is 0 Å². The maximum Gasteiger partial charge on any atom is 0.355 e. The van der Waals surface area contributed by atoms with Gasteiger partial charge in [-0.3, -0.25) is 0 Å². The zero-order valence-electron chi connectivity index (χ0n) is 6.09. The third-order valence-corrected chi connectivity index (χ3v) is 2.12. The van der Waals surface area contributed by atoms with Crippen LogP contribution < -0.4 is 11.4 Å². The van der Waals surface area contributed by atoms with Crippen molar-refractivity contribution in [3.63, 3.8) is 0 Å². The maximum absolute atomic E-state index is 11.2. The quantitative estimate of drug-likeness (QED) is 0.518. The molecule has 0 fully saturated rings. The van der Waals surface area contributed by atoms with E-state index in [1.165, 1.54) is 12.6 Å². The summed E-state index contributed by atoms with van der Waals surface area (Å²) in [7, 11) is 1.36. The van der Waals surface area contributed by atoms with E-state index in [0.717, 1.165) is 20.4 Å². The highest BCUT2D eigenvalue weighted by atomic mass is 32.1. The van der Waals surface area contributed by atoms with E-state index in [9.17, 15) is 9.59 Å². The fourth-order valence-corrected chi connectivity index (χ4v) is 1.39. The summed E-state index contributed by atoms with van der Waals surface area (Å²) in [5.74, 6) is 0. The van der Waals surface area contributed by atoms with Crippen LogP contribution in [0.2, 0.25) is 0 Å². The lowest BCUT2D eigenvalue weighted by Crippen LogP contribution is -2.36. The minimum absolute atomic E-state index is 0.322. The smallest absolute Gasteiger partial charge is 0.245 e. The Bertz CT molecular complexity index is 536. The Morgan fingerprint density at radius 1 is 1.50 bits per heavy atom. The SMILES string of the molecule is Cn1c(=O)nc2scnn2c1=O. The predicted molar refractivity (Wildman–Crippen MR) is 42.4 cm³/mol. The van der Waals surface area contributed by atoms with Gasteiger partial charge in [0.2, 0.25) is 4.96 Å². The molecule has 0 amide bonds. The molecule has 7 heteroatoms. The molecule has 0 aliphatic rings. The van der Waals surface area contributed by atoms with Gasteiger partial charge in [0, 0.05) is 7.05 Å². The van der Waals surface area contributed by atoms with Gasteiger partial charge in [-0.05, 0) is 0 Å². The summed E-state index contributed by atoms with van der Waals surface area (Å²) >= 11 is 1.15. The van der Waals surface area contributed by atoms with Gasteiger partial charge < -0.3 is 0 Å². The van der Waals surface area contributed by atoms with Gasteiger partial charge in [0.15, 0.2) is 0 Å². The lowest BCUT2D eigenvalue weighted by molar-refractivity contribution is 0.688. The summed E-state index contributed by atoms with van der Waals surface area (Å²) in [5.41, 5.74) is 0.443. The summed E-state index contributed by atoms with van der Waals surface area (Å²) in [4.78, 5) is 26.2. The van der Waals surface area contributed by atoms with Crippen molar-refractivity contribution < 1.29 is 0 Å². The second kappa shape index (κ2) is 2.24. The fraction of sp³-hybridized carbons (Fsp3) is 0.200. The van der Waals surface area contributed by atoms with Crippen molar-refractivity contribution in [3.05, 3.63) is 26.5 Å². The number of hydrogen-bond acceptors (Lipinski definition) is 5. The Balaban J connectivity index is 3.16. The van der Waals surface area contributed by atoms with Crippen molar-refractivity contribution in [2.75, 3.05) is 0 Å². The number of hydrogen-bond donors (Lipinski definition) is 0. The van der Waals surface area contributed by atoms with Crippen LogP contribution in [-0.4, -0.2) is 19.2 Å². The average Bonchev–Trinajstić information content (AvgIpc) is 2.48. The van der Waals surface area contributed by atoms with Gasteiger partial charge in [0.1, 0.15) is 5.51 Å². The van der Waals surface area contributed by atoms with Gasteiger partial charge in [0.25, 0.3) is 0 Å². The highest BCUT2D eigenvalue weighted by molar-refractivity contribution is 7.14. The van der Waals surface area contributed by atoms with Crippen LogP contribution in [0, 0.1) is 0 Å². The summed E-state index contributed by atoms with van der Waals surface area (Å²) in [5, 5.41) is 3.72. The van der Waals surface area contributed by atoms with Crippen molar-refractivity contribution in [1.29, 1.82) is 0 Å². The molecule has 0 spiro atoms. The Hall–Kier alpha value is -1.50. The van der Waals surface area contributed by atoms with Crippen LogP contribution in [0.25, 0.3) is 4.96 Å². The molecule has 0 aliphatic heterocycles. The second-order valence-electron chi connectivity index (χ2n) is 2.17. The molecule has 6 nitrogen and oxygen atoms in total. The van der Waals surface area contributed by atoms with E-state index in [1.807, 2.05) is 0 Å². The molecular formula is C5H4N4O2S. The largest absolute Gasteiger partial charge is 0.355 e. The number of fused-ring (bicyclic) bond motifs is 1. The molecule has 0 atom stereocenters. The zero-order chi connectivity index (χ0) is 8.72. The normalized spacial score (nSPS) is 10.8. The Labute approximate surface area is 69.7 Å². The molecule has 0 bridgehead atoms. The van der Waals surface area contributed by atoms with E-state index in [1.54, 1.807) is 0 Å². The van der Waals surface area contributed by atoms with Crippen LogP contribution in [-0.2, 0) is 7.05 Å². The van der Waals surface area contributed by atoms with E-state index in [-0.39, 0.29) is 0 Å². The molecule has 0 aromatic carbocycles. The minimum Gasteiger partial charge on any atom is -0.245 e. The van der Waals surface area contributed by atoms with Crippen molar-refractivity contribution in [2.45, 2.75) is 0 Å². The van der Waals surface area contributed by atoms with Crippen LogP contribution in [0.5, 0.6) is 0 Å². The molecule has 2 aromatic rings. The van der Waals surface area contributed by atoms with Crippen molar-refractivity contribution in [3.8, 4) is 0 Å². The molecule has 12 heavy (non-hydrogen) atoms. The minimum atomic E-state index is -0.552. The molecule has 2 rings (SSSR count). The topological polar surface area (TPSA) is 69.3 Å². The molecule has 0 radical (unpaired) electrons. The van der Waals surface area contributed by atoms with Gasteiger partial charge >= 0.3 is 11.4 Å². The van der Waals surface area contributed by atoms with Crippen LogP contribution >= 0.6 is 11.3 Å². The van der Waals surface area contributed by atoms with Gasteiger partial charge in [-0.15, -0.1) is 0 Å². The summed E-state index contributed by atoms with van der Waals surface area (Å²) < 4.78 is 2.00. The number of rotatable bonds is 0. The van der Waals surface area contributed by atoms with E-state index in [0.29, 0.717) is 4.96 Å². The fourth-order valence-electron chi connectivity index (χ4n) is 0.803. The second-order valence-corrected chi connectivity index (χ2v) is 2.98. The highest BCUT2D eigenvalue weighted by Crippen LogP contribution is 1.97. The Morgan fingerprint density at radius 2 is 2.25 bits per heavy atom. The van der Waals surface area contributed by atoms with Gasteiger partial charge in [-0.2, -0.15) is 14.6 Å². The molecule has 0 saturated heterocycles. The van der Waals surface area contributed by atoms with Crippen molar-refractivity contribution in [2.24, 2.45) is 7.05 Å². The predicted octanol–water partition coefficient (Wildman–Crippen LogP) is -1.15. The maximum atomic E-state index is 11.2. The number of aromatic nitrogens is 4. The average molecular weight is 184 g/mol. The number of nitrogens with zero attached hydrogens (tertiary/aromatic N) is 4. The first-order valence-corrected chi connectivity index (χ1v) is 3.97. The summed E-state index contributed by atoms with van der Waals surface area (Å²) in [6, 6.07) is 0. The molecule has 0 N–H and O–H groups in total. The van der Waals surface area contributed by atoms with Gasteiger partial charge in [-0.1, -0.05) is 11.3 Å². The zero-order valence-corrected chi connectivity index (χ0v) is 6.91. The first-order chi connectivity index (χ1) is 5.70. The molecule has 0 aliphatic carbocycles. The first kappa shape index (κ1) is 7.17. The Morgan fingerprint density at radius 3 is 3.00 bits per heavy atom. The van der Waals surface area contributed by atoms with Crippen molar-refractivity contribution >= 4 is 16.3 Å².